The Labute approximate surface area is 278 Å². The minimum Gasteiger partial charge on any atom is -0.481 e. The molecule has 2 atom stereocenters. The number of piperazine rings is 1. The minimum atomic E-state index is -1.15. The van der Waals surface area contributed by atoms with Crippen LogP contribution in [0.4, 0.5) is 4.79 Å². The van der Waals surface area contributed by atoms with Gasteiger partial charge in [-0.15, -0.1) is 0 Å². The number of amides is 4. The smallest absolute Gasteiger partial charge is 0.409 e. The molecule has 2 fully saturated rings. The molecule has 14 heteroatoms. The van der Waals surface area contributed by atoms with Crippen LogP contribution in [0.3, 0.4) is 0 Å². The molecule has 0 spiro atoms. The maximum absolute atomic E-state index is 13.5. The van der Waals surface area contributed by atoms with Crippen molar-refractivity contribution in [3.05, 3.63) is 78.0 Å². The molecule has 0 bridgehead atoms. The van der Waals surface area contributed by atoms with Gasteiger partial charge in [0.2, 0.25) is 11.8 Å². The SMILES string of the molecule is CCOC(=O)N1CCN(C(=O)C(CCC(=O)O)NC(=O)c2cc(OCC(=O)N3CCCC3c3ccccc3)n(-c3ccccc3)n2)CC1. The largest absolute Gasteiger partial charge is 0.481 e. The van der Waals surface area contributed by atoms with Gasteiger partial charge in [-0.25, -0.2) is 9.48 Å². The van der Waals surface area contributed by atoms with Gasteiger partial charge in [0.05, 0.1) is 18.3 Å². The first kappa shape index (κ1) is 33.9. The van der Waals surface area contributed by atoms with Crippen LogP contribution in [-0.4, -0.2) is 111 Å². The lowest BCUT2D eigenvalue weighted by Gasteiger charge is -2.35. The number of carboxylic acid groups (broad SMARTS) is 1. The molecule has 2 aliphatic rings. The van der Waals surface area contributed by atoms with Crippen molar-refractivity contribution in [2.45, 2.75) is 44.7 Å². The van der Waals surface area contributed by atoms with Crippen molar-refractivity contribution in [3.8, 4) is 11.6 Å². The minimum absolute atomic E-state index is 0.0453. The van der Waals surface area contributed by atoms with Gasteiger partial charge in [-0.3, -0.25) is 19.2 Å². The molecule has 1 aromatic heterocycles. The van der Waals surface area contributed by atoms with Gasteiger partial charge in [-0.1, -0.05) is 48.5 Å². The molecule has 3 heterocycles. The van der Waals surface area contributed by atoms with Crippen molar-refractivity contribution in [1.82, 2.24) is 29.8 Å². The number of carbonyl (C=O) groups excluding carboxylic acids is 4. The predicted octanol–water partition coefficient (Wildman–Crippen LogP) is 2.88. The van der Waals surface area contributed by atoms with E-state index >= 15 is 0 Å². The molecule has 254 valence electrons. The van der Waals surface area contributed by atoms with Gasteiger partial charge in [0, 0.05) is 45.2 Å². The molecule has 2 unspecified atom stereocenters. The summed E-state index contributed by atoms with van der Waals surface area (Å²) < 4.78 is 12.4. The third kappa shape index (κ3) is 8.30. The van der Waals surface area contributed by atoms with Crippen LogP contribution in [0.1, 0.15) is 54.7 Å². The molecular formula is C34H40N6O8. The fourth-order valence-corrected chi connectivity index (χ4v) is 5.94. The van der Waals surface area contributed by atoms with Gasteiger partial charge in [0.25, 0.3) is 11.8 Å². The van der Waals surface area contributed by atoms with Crippen LogP contribution in [0.5, 0.6) is 5.88 Å². The Morgan fingerprint density at radius 2 is 1.60 bits per heavy atom. The molecular weight excluding hydrogens is 620 g/mol. The number of carbonyl (C=O) groups is 5. The number of ether oxygens (including phenoxy) is 2. The third-order valence-electron chi connectivity index (χ3n) is 8.38. The van der Waals surface area contributed by atoms with Gasteiger partial charge in [0.1, 0.15) is 6.04 Å². The van der Waals surface area contributed by atoms with E-state index in [1.807, 2.05) is 36.4 Å². The highest BCUT2D eigenvalue weighted by Gasteiger charge is 2.33. The van der Waals surface area contributed by atoms with E-state index in [2.05, 4.69) is 10.4 Å². The number of benzene rings is 2. The molecule has 2 aliphatic heterocycles. The molecule has 4 amide bonds. The molecule has 3 aromatic rings. The zero-order chi connectivity index (χ0) is 34.0. The van der Waals surface area contributed by atoms with E-state index in [-0.39, 0.29) is 75.8 Å². The number of carboxylic acids is 1. The Hall–Kier alpha value is -5.40. The number of para-hydroxylation sites is 1. The van der Waals surface area contributed by atoms with Crippen LogP contribution >= 0.6 is 0 Å². The fourth-order valence-electron chi connectivity index (χ4n) is 5.94. The number of nitrogens with zero attached hydrogens (tertiary/aromatic N) is 5. The van der Waals surface area contributed by atoms with E-state index in [0.29, 0.717) is 12.2 Å². The fraction of sp³-hybridized carbons (Fsp3) is 0.412. The second kappa shape index (κ2) is 15.9. The average Bonchev–Trinajstić information content (AvgIpc) is 3.78. The number of aromatic nitrogens is 2. The van der Waals surface area contributed by atoms with E-state index in [1.54, 1.807) is 36.1 Å². The summed E-state index contributed by atoms with van der Waals surface area (Å²) in [5.41, 5.74) is 1.56. The number of nitrogens with one attached hydrogen (secondary N) is 1. The lowest BCUT2D eigenvalue weighted by molar-refractivity contribution is -0.138. The molecule has 2 N–H and O–H groups in total. The van der Waals surface area contributed by atoms with Crippen molar-refractivity contribution in [1.29, 1.82) is 0 Å². The van der Waals surface area contributed by atoms with Gasteiger partial charge in [-0.2, -0.15) is 5.10 Å². The Kier molecular flexibility index (Phi) is 11.3. The number of likely N-dealkylation sites (tertiary alicyclic amines) is 1. The zero-order valence-electron chi connectivity index (χ0n) is 26.8. The zero-order valence-corrected chi connectivity index (χ0v) is 26.8. The molecule has 0 radical (unpaired) electrons. The second-order valence-electron chi connectivity index (χ2n) is 11.5. The van der Waals surface area contributed by atoms with Crippen LogP contribution in [0.25, 0.3) is 5.69 Å². The van der Waals surface area contributed by atoms with Crippen molar-refractivity contribution < 1.29 is 38.6 Å². The maximum atomic E-state index is 13.5. The van der Waals surface area contributed by atoms with Gasteiger partial charge in [-0.05, 0) is 43.9 Å². The van der Waals surface area contributed by atoms with E-state index in [4.69, 9.17) is 9.47 Å². The van der Waals surface area contributed by atoms with Crippen LogP contribution in [0.15, 0.2) is 66.7 Å². The summed E-state index contributed by atoms with van der Waals surface area (Å²) in [4.78, 5) is 68.7. The molecule has 0 saturated carbocycles. The normalized spacial score (nSPS) is 16.7. The van der Waals surface area contributed by atoms with E-state index in [0.717, 1.165) is 18.4 Å². The molecule has 2 saturated heterocycles. The standard InChI is InChI=1S/C34H40N6O8/c1-2-47-34(46)38-20-18-37(19-21-38)33(45)26(15-16-31(42)43)35-32(44)27-22-30(40(36-27)25-12-7-4-8-13-25)48-23-29(41)39-17-9-14-28(39)24-10-5-3-6-11-24/h3-8,10-13,22,26,28H,2,9,14-21,23H2,1H3,(H,35,44)(H,42,43). The Balaban J connectivity index is 1.30. The number of hydrogen-bond donors (Lipinski definition) is 2. The lowest BCUT2D eigenvalue weighted by Crippen LogP contribution is -2.56. The Bertz CT molecular complexity index is 1590. The summed E-state index contributed by atoms with van der Waals surface area (Å²) in [6, 6.07) is 19.0. The first-order valence-corrected chi connectivity index (χ1v) is 16.1. The van der Waals surface area contributed by atoms with E-state index < -0.39 is 29.9 Å². The molecule has 14 nitrogen and oxygen atoms in total. The van der Waals surface area contributed by atoms with Crippen LogP contribution in [0.2, 0.25) is 0 Å². The van der Waals surface area contributed by atoms with Crippen LogP contribution in [-0.2, 0) is 19.1 Å². The maximum Gasteiger partial charge on any atom is 0.409 e. The van der Waals surface area contributed by atoms with E-state index in [1.165, 1.54) is 20.5 Å². The third-order valence-corrected chi connectivity index (χ3v) is 8.38. The molecule has 48 heavy (non-hydrogen) atoms. The van der Waals surface area contributed by atoms with Crippen LogP contribution in [0, 0.1) is 0 Å². The molecule has 5 rings (SSSR count). The highest BCUT2D eigenvalue weighted by atomic mass is 16.6. The number of rotatable bonds is 12. The Morgan fingerprint density at radius 1 is 0.938 bits per heavy atom. The molecule has 2 aromatic carbocycles. The monoisotopic (exact) mass is 660 g/mol. The quantitative estimate of drug-likeness (QED) is 0.297. The van der Waals surface area contributed by atoms with Crippen molar-refractivity contribution in [2.24, 2.45) is 0 Å². The van der Waals surface area contributed by atoms with Crippen LogP contribution < -0.4 is 10.1 Å². The second-order valence-corrected chi connectivity index (χ2v) is 11.5. The highest BCUT2D eigenvalue weighted by molar-refractivity contribution is 5.96. The van der Waals surface area contributed by atoms with Gasteiger partial charge in [0.15, 0.2) is 12.3 Å². The average molecular weight is 661 g/mol. The lowest BCUT2D eigenvalue weighted by atomic mass is 10.0. The topological polar surface area (TPSA) is 164 Å². The summed E-state index contributed by atoms with van der Waals surface area (Å²) >= 11 is 0. The molecule has 0 aliphatic carbocycles. The first-order chi connectivity index (χ1) is 23.2. The van der Waals surface area contributed by atoms with Crippen molar-refractivity contribution >= 4 is 29.8 Å². The van der Waals surface area contributed by atoms with Gasteiger partial charge < -0.3 is 34.6 Å². The van der Waals surface area contributed by atoms with E-state index in [9.17, 15) is 29.1 Å². The summed E-state index contributed by atoms with van der Waals surface area (Å²) in [6.45, 7) is 3.17. The highest BCUT2D eigenvalue weighted by Crippen LogP contribution is 2.32. The summed E-state index contributed by atoms with van der Waals surface area (Å²) in [7, 11) is 0. The Morgan fingerprint density at radius 3 is 2.27 bits per heavy atom. The first-order valence-electron chi connectivity index (χ1n) is 16.1. The van der Waals surface area contributed by atoms with Crippen molar-refractivity contribution in [3.63, 3.8) is 0 Å². The predicted molar refractivity (Wildman–Crippen MR) is 172 cm³/mol. The summed E-state index contributed by atoms with van der Waals surface area (Å²) in [5, 5.41) is 16.4. The van der Waals surface area contributed by atoms with Crippen molar-refractivity contribution in [2.75, 3.05) is 45.9 Å². The number of hydrogen-bond acceptors (Lipinski definition) is 8. The van der Waals surface area contributed by atoms with Gasteiger partial charge >= 0.3 is 12.1 Å². The number of aliphatic carboxylic acids is 1. The summed E-state index contributed by atoms with van der Waals surface area (Å²) in [5.74, 6) is -2.33. The summed E-state index contributed by atoms with van der Waals surface area (Å²) in [6.07, 6.45) is 0.763.